The van der Waals surface area contributed by atoms with Crippen molar-refractivity contribution in [3.8, 4) is 11.5 Å². The Morgan fingerprint density at radius 2 is 1.94 bits per heavy atom. The van der Waals surface area contributed by atoms with Gasteiger partial charge in [-0.1, -0.05) is 41.9 Å². The molecule has 0 bridgehead atoms. The maximum atomic E-state index is 12.7. The predicted molar refractivity (Wildman–Crippen MR) is 121 cm³/mol. The third-order valence-electron chi connectivity index (χ3n) is 5.23. The van der Waals surface area contributed by atoms with Crippen LogP contribution in [-0.4, -0.2) is 36.6 Å². The molecule has 1 atom stereocenters. The van der Waals surface area contributed by atoms with E-state index in [-0.39, 0.29) is 17.5 Å². The first-order chi connectivity index (χ1) is 15.1. The smallest absolute Gasteiger partial charge is 0.269 e. The number of para-hydroxylation sites is 2. The maximum absolute atomic E-state index is 12.7. The van der Waals surface area contributed by atoms with Crippen LogP contribution in [0.1, 0.15) is 27.5 Å². The molecule has 2 N–H and O–H groups in total. The number of halogens is 1. The van der Waals surface area contributed by atoms with Gasteiger partial charge in [-0.25, -0.2) is 0 Å². The summed E-state index contributed by atoms with van der Waals surface area (Å²) in [7, 11) is 3.22. The predicted octanol–water partition coefficient (Wildman–Crippen LogP) is 4.80. The first-order valence-corrected chi connectivity index (χ1v) is 10.2. The number of aromatic nitrogens is 2. The number of carbonyl (C=O) groups excluding carboxylic acids is 1. The van der Waals surface area contributed by atoms with Crippen molar-refractivity contribution in [2.24, 2.45) is 0 Å². The maximum Gasteiger partial charge on any atom is 0.269 e. The molecule has 7 heteroatoms. The molecule has 4 aromatic rings. The first kappa shape index (κ1) is 20.8. The Bertz CT molecular complexity index is 1220. The zero-order chi connectivity index (χ0) is 21.8. The Morgan fingerprint density at radius 1 is 1.10 bits per heavy atom. The van der Waals surface area contributed by atoms with Crippen molar-refractivity contribution in [1.29, 1.82) is 0 Å². The zero-order valence-corrected chi connectivity index (χ0v) is 17.9. The number of nitrogens with zero attached hydrogens (tertiary/aromatic N) is 1. The molecule has 6 nitrogen and oxygen atoms in total. The number of carbonyl (C=O) groups is 1. The summed E-state index contributed by atoms with van der Waals surface area (Å²) in [6, 6.07) is 17.0. The summed E-state index contributed by atoms with van der Waals surface area (Å²) in [5.41, 5.74) is 3.24. The van der Waals surface area contributed by atoms with Gasteiger partial charge in [-0.3, -0.25) is 9.78 Å². The van der Waals surface area contributed by atoms with E-state index in [1.54, 1.807) is 26.4 Å². The Hall–Kier alpha value is -3.51. The van der Waals surface area contributed by atoms with Crippen molar-refractivity contribution in [3.05, 3.63) is 88.8 Å². The fraction of sp³-hybridized carbons (Fsp3) is 0.167. The number of hydrogen-bond donors (Lipinski definition) is 2. The summed E-state index contributed by atoms with van der Waals surface area (Å²) in [6.07, 6.45) is 3.48. The van der Waals surface area contributed by atoms with Crippen LogP contribution in [0, 0.1) is 0 Å². The highest BCUT2D eigenvalue weighted by Gasteiger charge is 2.24. The van der Waals surface area contributed by atoms with Crippen LogP contribution in [-0.2, 0) is 0 Å². The third-order valence-corrected chi connectivity index (χ3v) is 5.46. The number of ether oxygens (including phenoxy) is 2. The molecule has 4 rings (SSSR count). The molecule has 31 heavy (non-hydrogen) atoms. The number of benzene rings is 2. The lowest BCUT2D eigenvalue weighted by Crippen LogP contribution is -2.29. The molecule has 158 valence electrons. The van der Waals surface area contributed by atoms with Gasteiger partial charge in [0.2, 0.25) is 0 Å². The first-order valence-electron chi connectivity index (χ1n) is 9.79. The second kappa shape index (κ2) is 9.10. The van der Waals surface area contributed by atoms with E-state index >= 15 is 0 Å². The zero-order valence-electron chi connectivity index (χ0n) is 17.2. The van der Waals surface area contributed by atoms with Crippen molar-refractivity contribution in [1.82, 2.24) is 15.3 Å². The molecule has 0 aliphatic heterocycles. The summed E-state index contributed by atoms with van der Waals surface area (Å²) in [5.74, 6) is 0.779. The lowest BCUT2D eigenvalue weighted by molar-refractivity contribution is 0.0947. The van der Waals surface area contributed by atoms with E-state index < -0.39 is 0 Å². The van der Waals surface area contributed by atoms with Crippen LogP contribution in [0.3, 0.4) is 0 Å². The lowest BCUT2D eigenvalue weighted by Gasteiger charge is -2.22. The number of H-pyrrole nitrogens is 1. The van der Waals surface area contributed by atoms with Gasteiger partial charge >= 0.3 is 0 Å². The van der Waals surface area contributed by atoms with Crippen LogP contribution in [0.2, 0.25) is 5.02 Å². The average molecular weight is 436 g/mol. The number of nitrogens with one attached hydrogen (secondary N) is 2. The van der Waals surface area contributed by atoms with Gasteiger partial charge in [0, 0.05) is 46.3 Å². The molecule has 1 unspecified atom stereocenters. The molecule has 1 amide bonds. The van der Waals surface area contributed by atoms with Crippen molar-refractivity contribution in [2.75, 3.05) is 20.8 Å². The Balaban J connectivity index is 1.74. The molecule has 0 aliphatic carbocycles. The summed E-state index contributed by atoms with van der Waals surface area (Å²) in [5, 5.41) is 4.53. The number of hydrogen-bond acceptors (Lipinski definition) is 4. The summed E-state index contributed by atoms with van der Waals surface area (Å²) in [6.45, 7) is 0.332. The van der Waals surface area contributed by atoms with E-state index in [1.165, 1.54) is 6.20 Å². The minimum atomic E-state index is -0.297. The highest BCUT2D eigenvalue weighted by molar-refractivity contribution is 6.30. The van der Waals surface area contributed by atoms with Crippen LogP contribution >= 0.6 is 11.6 Å². The number of amides is 1. The van der Waals surface area contributed by atoms with Crippen LogP contribution in [0.4, 0.5) is 0 Å². The number of rotatable bonds is 7. The van der Waals surface area contributed by atoms with E-state index in [0.29, 0.717) is 23.1 Å². The second-order valence-electron chi connectivity index (χ2n) is 6.99. The highest BCUT2D eigenvalue weighted by Crippen LogP contribution is 2.40. The summed E-state index contributed by atoms with van der Waals surface area (Å²) >= 11 is 6.01. The normalized spacial score (nSPS) is 11.8. The van der Waals surface area contributed by atoms with Crippen LogP contribution < -0.4 is 14.8 Å². The van der Waals surface area contributed by atoms with Gasteiger partial charge in [-0.2, -0.15) is 0 Å². The van der Waals surface area contributed by atoms with Gasteiger partial charge in [0.15, 0.2) is 11.5 Å². The SMILES string of the molecule is COc1cccc(C(CNC(=O)c2cc(Cl)ccn2)c2c[nH]c3ccccc23)c1OC. The number of methoxy groups -OCH3 is 2. The van der Waals surface area contributed by atoms with Crippen LogP contribution in [0.25, 0.3) is 10.9 Å². The Morgan fingerprint density at radius 3 is 2.71 bits per heavy atom. The van der Waals surface area contributed by atoms with Crippen molar-refractivity contribution < 1.29 is 14.3 Å². The van der Waals surface area contributed by atoms with Crippen LogP contribution in [0.5, 0.6) is 11.5 Å². The van der Waals surface area contributed by atoms with Gasteiger partial charge in [0.1, 0.15) is 5.69 Å². The average Bonchev–Trinajstić information content (AvgIpc) is 3.23. The van der Waals surface area contributed by atoms with Crippen molar-refractivity contribution >= 4 is 28.4 Å². The summed E-state index contributed by atoms with van der Waals surface area (Å²) < 4.78 is 11.2. The number of pyridine rings is 1. The Kier molecular flexibility index (Phi) is 6.09. The molecule has 2 aromatic heterocycles. The van der Waals surface area contributed by atoms with E-state index in [9.17, 15) is 4.79 Å². The molecule has 2 heterocycles. The van der Waals surface area contributed by atoms with Crippen molar-refractivity contribution in [3.63, 3.8) is 0 Å². The molecule has 0 fully saturated rings. The van der Waals surface area contributed by atoms with Gasteiger partial charge in [-0.05, 0) is 29.8 Å². The quantitative estimate of drug-likeness (QED) is 0.437. The highest BCUT2D eigenvalue weighted by atomic mass is 35.5. The van der Waals surface area contributed by atoms with Gasteiger partial charge in [0.05, 0.1) is 14.2 Å². The molecule has 2 aromatic carbocycles. The van der Waals surface area contributed by atoms with Crippen LogP contribution in [0.15, 0.2) is 67.0 Å². The lowest BCUT2D eigenvalue weighted by atomic mass is 9.89. The van der Waals surface area contributed by atoms with E-state index in [2.05, 4.69) is 21.4 Å². The minimum Gasteiger partial charge on any atom is -0.493 e. The fourth-order valence-corrected chi connectivity index (χ4v) is 3.93. The minimum absolute atomic E-state index is 0.190. The number of aromatic amines is 1. The molecular formula is C24H22ClN3O3. The molecule has 0 spiro atoms. The van der Waals surface area contributed by atoms with E-state index in [4.69, 9.17) is 21.1 Å². The monoisotopic (exact) mass is 435 g/mol. The number of fused-ring (bicyclic) bond motifs is 1. The largest absolute Gasteiger partial charge is 0.493 e. The van der Waals surface area contributed by atoms with E-state index in [0.717, 1.165) is 22.0 Å². The van der Waals surface area contributed by atoms with Gasteiger partial charge in [0.25, 0.3) is 5.91 Å². The Labute approximate surface area is 185 Å². The molecule has 0 saturated carbocycles. The molecule has 0 aliphatic rings. The van der Waals surface area contributed by atoms with Crippen molar-refractivity contribution in [2.45, 2.75) is 5.92 Å². The van der Waals surface area contributed by atoms with E-state index in [1.807, 2.05) is 42.6 Å². The summed E-state index contributed by atoms with van der Waals surface area (Å²) in [4.78, 5) is 20.2. The fourth-order valence-electron chi connectivity index (χ4n) is 3.77. The topological polar surface area (TPSA) is 76.2 Å². The van der Waals surface area contributed by atoms with Gasteiger partial charge in [-0.15, -0.1) is 0 Å². The molecule has 0 saturated heterocycles. The third kappa shape index (κ3) is 4.20. The standard InChI is InChI=1S/C24H22ClN3O3/c1-30-22-9-5-7-17(23(22)31-2)19(18-13-27-20-8-4-3-6-16(18)20)14-28-24(29)21-12-15(25)10-11-26-21/h3-13,19,27H,14H2,1-2H3,(H,28,29). The van der Waals surface area contributed by atoms with Gasteiger partial charge < -0.3 is 19.8 Å². The molecule has 0 radical (unpaired) electrons. The second-order valence-corrected chi connectivity index (χ2v) is 7.43. The molecular weight excluding hydrogens is 414 g/mol.